The van der Waals surface area contributed by atoms with Crippen LogP contribution in [-0.2, 0) is 10.2 Å². The Morgan fingerprint density at radius 3 is 2.50 bits per heavy atom. The van der Waals surface area contributed by atoms with E-state index in [2.05, 4.69) is 19.9 Å². The number of nitriles is 1. The highest BCUT2D eigenvalue weighted by atomic mass is 16.5. The van der Waals surface area contributed by atoms with E-state index >= 15 is 0 Å². The fourth-order valence-electron chi connectivity index (χ4n) is 2.23. The molecular formula is C16H21NO. The van der Waals surface area contributed by atoms with Gasteiger partial charge in [-0.15, -0.1) is 0 Å². The van der Waals surface area contributed by atoms with Crippen molar-refractivity contribution < 1.29 is 4.74 Å². The normalized spacial score (nSPS) is 14.4. The first-order valence-corrected chi connectivity index (χ1v) is 6.32. The van der Waals surface area contributed by atoms with E-state index in [0.29, 0.717) is 0 Å². The molecule has 1 rings (SSSR count). The minimum atomic E-state index is -0.417. The highest BCUT2D eigenvalue weighted by molar-refractivity contribution is 5.33. The van der Waals surface area contributed by atoms with Crippen LogP contribution in [0.1, 0.15) is 32.3 Å². The Balaban J connectivity index is 2.97. The SMILES string of the molecule is CO/C=C/CC[C@@](C#N)(c1ccccc1)C(C)C. The maximum Gasteiger partial charge on any atom is 0.0848 e. The second-order valence-electron chi connectivity index (χ2n) is 4.75. The molecule has 1 atom stereocenters. The van der Waals surface area contributed by atoms with E-state index in [1.165, 1.54) is 0 Å². The lowest BCUT2D eigenvalue weighted by molar-refractivity contribution is 0.332. The van der Waals surface area contributed by atoms with E-state index in [1.807, 2.05) is 36.4 Å². The Morgan fingerprint density at radius 1 is 1.33 bits per heavy atom. The average molecular weight is 243 g/mol. The summed E-state index contributed by atoms with van der Waals surface area (Å²) in [5, 5.41) is 9.65. The van der Waals surface area contributed by atoms with Gasteiger partial charge in [-0.05, 0) is 30.4 Å². The Labute approximate surface area is 110 Å². The molecule has 1 aromatic rings. The summed E-state index contributed by atoms with van der Waals surface area (Å²) in [6, 6.07) is 12.6. The molecule has 2 heteroatoms. The van der Waals surface area contributed by atoms with Gasteiger partial charge in [0.2, 0.25) is 0 Å². The predicted octanol–water partition coefficient (Wildman–Crippen LogP) is 4.04. The van der Waals surface area contributed by atoms with E-state index in [9.17, 15) is 5.26 Å². The van der Waals surface area contributed by atoms with E-state index in [0.717, 1.165) is 18.4 Å². The molecule has 0 heterocycles. The number of ether oxygens (including phenoxy) is 1. The zero-order valence-electron chi connectivity index (χ0n) is 11.4. The molecule has 0 unspecified atom stereocenters. The Kier molecular flexibility index (Phi) is 5.45. The Morgan fingerprint density at radius 2 is 2.00 bits per heavy atom. The number of methoxy groups -OCH3 is 1. The topological polar surface area (TPSA) is 33.0 Å². The van der Waals surface area contributed by atoms with Gasteiger partial charge in [0.05, 0.1) is 24.9 Å². The number of rotatable bonds is 6. The zero-order valence-corrected chi connectivity index (χ0v) is 11.4. The van der Waals surface area contributed by atoms with Crippen LogP contribution >= 0.6 is 0 Å². The van der Waals surface area contributed by atoms with Crippen LogP contribution < -0.4 is 0 Å². The number of benzene rings is 1. The lowest BCUT2D eigenvalue weighted by atomic mass is 9.70. The van der Waals surface area contributed by atoms with Crippen molar-refractivity contribution in [3.05, 3.63) is 48.2 Å². The van der Waals surface area contributed by atoms with Crippen LogP contribution in [0.15, 0.2) is 42.7 Å². The predicted molar refractivity (Wildman–Crippen MR) is 74.0 cm³/mol. The summed E-state index contributed by atoms with van der Waals surface area (Å²) in [4.78, 5) is 0. The summed E-state index contributed by atoms with van der Waals surface area (Å²) in [7, 11) is 1.63. The molecule has 1 aromatic carbocycles. The molecule has 0 aromatic heterocycles. The van der Waals surface area contributed by atoms with Crippen LogP contribution in [0.4, 0.5) is 0 Å². The number of allylic oxidation sites excluding steroid dienone is 1. The monoisotopic (exact) mass is 243 g/mol. The number of hydrogen-bond donors (Lipinski definition) is 0. The molecule has 0 aliphatic rings. The maximum absolute atomic E-state index is 9.65. The third kappa shape index (κ3) is 3.13. The lowest BCUT2D eigenvalue weighted by Crippen LogP contribution is -2.30. The zero-order chi connectivity index (χ0) is 13.4. The number of nitrogens with zero attached hydrogens (tertiary/aromatic N) is 1. The Bertz CT molecular complexity index is 416. The van der Waals surface area contributed by atoms with Gasteiger partial charge in [-0.25, -0.2) is 0 Å². The molecule has 0 bridgehead atoms. The molecule has 2 nitrogen and oxygen atoms in total. The van der Waals surface area contributed by atoms with Gasteiger partial charge in [-0.1, -0.05) is 44.2 Å². The fraction of sp³-hybridized carbons (Fsp3) is 0.438. The molecule has 18 heavy (non-hydrogen) atoms. The number of hydrogen-bond acceptors (Lipinski definition) is 2. The summed E-state index contributed by atoms with van der Waals surface area (Å²) >= 11 is 0. The second kappa shape index (κ2) is 6.86. The van der Waals surface area contributed by atoms with Gasteiger partial charge in [0.15, 0.2) is 0 Å². The van der Waals surface area contributed by atoms with Gasteiger partial charge in [-0.2, -0.15) is 5.26 Å². The Hall–Kier alpha value is -1.75. The standard InChI is InChI=1S/C16H21NO/c1-14(2)16(13-17,11-7-8-12-18-3)15-9-5-4-6-10-15/h4-6,8-10,12,14H,7,11H2,1-3H3/b12-8+/t16-/m0/s1. The molecule has 96 valence electrons. The molecule has 0 aliphatic heterocycles. The third-order valence-corrected chi connectivity index (χ3v) is 3.41. The largest absolute Gasteiger partial charge is 0.505 e. The van der Waals surface area contributed by atoms with Crippen molar-refractivity contribution in [2.45, 2.75) is 32.1 Å². The van der Waals surface area contributed by atoms with Crippen LogP contribution in [0.5, 0.6) is 0 Å². The van der Waals surface area contributed by atoms with Gasteiger partial charge in [0.25, 0.3) is 0 Å². The van der Waals surface area contributed by atoms with Gasteiger partial charge < -0.3 is 4.74 Å². The van der Waals surface area contributed by atoms with Crippen LogP contribution in [0.3, 0.4) is 0 Å². The van der Waals surface area contributed by atoms with Crippen molar-refractivity contribution in [2.75, 3.05) is 7.11 Å². The van der Waals surface area contributed by atoms with E-state index in [-0.39, 0.29) is 5.92 Å². The highest BCUT2D eigenvalue weighted by Gasteiger charge is 2.34. The summed E-state index contributed by atoms with van der Waals surface area (Å²) < 4.78 is 4.89. The molecule has 0 saturated heterocycles. The van der Waals surface area contributed by atoms with Gasteiger partial charge >= 0.3 is 0 Å². The van der Waals surface area contributed by atoms with Crippen molar-refractivity contribution in [3.8, 4) is 6.07 Å². The second-order valence-corrected chi connectivity index (χ2v) is 4.75. The van der Waals surface area contributed by atoms with Crippen LogP contribution in [0, 0.1) is 17.2 Å². The first-order chi connectivity index (χ1) is 8.67. The van der Waals surface area contributed by atoms with Gasteiger partial charge in [0.1, 0.15) is 0 Å². The highest BCUT2D eigenvalue weighted by Crippen LogP contribution is 2.36. The van der Waals surface area contributed by atoms with Crippen LogP contribution in [0.2, 0.25) is 0 Å². The summed E-state index contributed by atoms with van der Waals surface area (Å²) in [6.07, 6.45) is 5.30. The molecule has 0 fully saturated rings. The molecular weight excluding hydrogens is 222 g/mol. The molecule has 0 saturated carbocycles. The fourth-order valence-corrected chi connectivity index (χ4v) is 2.23. The summed E-state index contributed by atoms with van der Waals surface area (Å²) in [6.45, 7) is 4.21. The smallest absolute Gasteiger partial charge is 0.0848 e. The van der Waals surface area contributed by atoms with Gasteiger partial charge in [0, 0.05) is 0 Å². The lowest BCUT2D eigenvalue weighted by Gasteiger charge is -2.31. The molecule has 0 spiro atoms. The van der Waals surface area contributed by atoms with E-state index in [1.54, 1.807) is 13.4 Å². The van der Waals surface area contributed by atoms with Crippen LogP contribution in [0.25, 0.3) is 0 Å². The van der Waals surface area contributed by atoms with Crippen LogP contribution in [-0.4, -0.2) is 7.11 Å². The third-order valence-electron chi connectivity index (χ3n) is 3.41. The minimum Gasteiger partial charge on any atom is -0.505 e. The van der Waals surface area contributed by atoms with E-state index < -0.39 is 5.41 Å². The van der Waals surface area contributed by atoms with E-state index in [4.69, 9.17) is 4.74 Å². The average Bonchev–Trinajstić information content (AvgIpc) is 2.40. The van der Waals surface area contributed by atoms with Crippen molar-refractivity contribution in [1.29, 1.82) is 5.26 Å². The first-order valence-electron chi connectivity index (χ1n) is 6.32. The minimum absolute atomic E-state index is 0.279. The van der Waals surface area contributed by atoms with Crippen molar-refractivity contribution in [1.82, 2.24) is 0 Å². The van der Waals surface area contributed by atoms with Crippen molar-refractivity contribution >= 4 is 0 Å². The van der Waals surface area contributed by atoms with Gasteiger partial charge in [-0.3, -0.25) is 0 Å². The first kappa shape index (κ1) is 14.3. The summed E-state index contributed by atoms with van der Waals surface area (Å²) in [5.74, 6) is 0.279. The molecule has 0 N–H and O–H groups in total. The molecule has 0 aliphatic carbocycles. The molecule has 0 radical (unpaired) electrons. The van der Waals surface area contributed by atoms with Crippen molar-refractivity contribution in [2.24, 2.45) is 5.92 Å². The summed E-state index contributed by atoms with van der Waals surface area (Å²) in [5.41, 5.74) is 0.688. The quantitative estimate of drug-likeness (QED) is 0.706. The molecule has 0 amide bonds. The van der Waals surface area contributed by atoms with Crippen molar-refractivity contribution in [3.63, 3.8) is 0 Å². The maximum atomic E-state index is 9.65.